The molecule has 9 heteroatoms. The third-order valence-electron chi connectivity index (χ3n) is 3.87. The van der Waals surface area contributed by atoms with Gasteiger partial charge in [0.1, 0.15) is 0 Å². The minimum absolute atomic E-state index is 0.0122. The number of amides is 1. The molecule has 0 bridgehead atoms. The van der Waals surface area contributed by atoms with Crippen LogP contribution in [-0.4, -0.2) is 39.5 Å². The maximum Gasteiger partial charge on any atom is 0.340 e. The van der Waals surface area contributed by atoms with Crippen molar-refractivity contribution >= 4 is 39.2 Å². The molecule has 160 valence electrons. The molecule has 0 atom stereocenters. The minimum Gasteiger partial charge on any atom is -0.452 e. The van der Waals surface area contributed by atoms with E-state index >= 15 is 0 Å². The van der Waals surface area contributed by atoms with Crippen LogP contribution in [0.15, 0.2) is 66.1 Å². The second kappa shape index (κ2) is 10.3. The number of ether oxygens (including phenoxy) is 1. The van der Waals surface area contributed by atoms with Crippen molar-refractivity contribution in [1.29, 1.82) is 0 Å². The van der Waals surface area contributed by atoms with E-state index in [1.54, 1.807) is 44.2 Å². The monoisotopic (exact) mass is 450 g/mol. The average molecular weight is 451 g/mol. The Balaban J connectivity index is 2.33. The van der Waals surface area contributed by atoms with Gasteiger partial charge < -0.3 is 10.1 Å². The zero-order chi connectivity index (χ0) is 22.3. The number of nitrogens with zero attached hydrogens (tertiary/aromatic N) is 1. The lowest BCUT2D eigenvalue weighted by atomic mass is 10.2. The summed E-state index contributed by atoms with van der Waals surface area (Å²) < 4.78 is 32.6. The summed E-state index contributed by atoms with van der Waals surface area (Å²) in [6.45, 7) is 6.68. The zero-order valence-electron chi connectivity index (χ0n) is 16.7. The van der Waals surface area contributed by atoms with E-state index in [-0.39, 0.29) is 28.1 Å². The van der Waals surface area contributed by atoms with Crippen LogP contribution in [0.5, 0.6) is 0 Å². The predicted molar refractivity (Wildman–Crippen MR) is 116 cm³/mol. The molecular weight excluding hydrogens is 428 g/mol. The molecule has 2 aromatic carbocycles. The first-order chi connectivity index (χ1) is 14.2. The Morgan fingerprint density at radius 1 is 1.20 bits per heavy atom. The van der Waals surface area contributed by atoms with Crippen LogP contribution in [0.4, 0.5) is 5.69 Å². The topological polar surface area (TPSA) is 92.8 Å². The van der Waals surface area contributed by atoms with Gasteiger partial charge in [-0.05, 0) is 44.2 Å². The fourth-order valence-electron chi connectivity index (χ4n) is 2.57. The highest BCUT2D eigenvalue weighted by atomic mass is 35.5. The predicted octanol–water partition coefficient (Wildman–Crippen LogP) is 3.40. The number of esters is 1. The van der Waals surface area contributed by atoms with Gasteiger partial charge in [0.05, 0.1) is 27.7 Å². The molecule has 7 nitrogen and oxygen atoms in total. The van der Waals surface area contributed by atoms with Crippen LogP contribution in [0.2, 0.25) is 5.02 Å². The standard InChI is InChI=1S/C21H23ClN2O5S/c1-4-12-24(16-8-6-5-7-9-16)30(27,28)17-10-11-19(22)18(13-17)21(26)29-14-20(25)23-15(2)3/h4-11,13,15H,1,12,14H2,2-3H3,(H,23,25). The van der Waals surface area contributed by atoms with Gasteiger partial charge in [0, 0.05) is 6.04 Å². The van der Waals surface area contributed by atoms with Crippen molar-refractivity contribution in [3.05, 3.63) is 71.8 Å². The molecule has 2 rings (SSSR count). The third-order valence-corrected chi connectivity index (χ3v) is 5.99. The summed E-state index contributed by atoms with van der Waals surface area (Å²) in [6, 6.07) is 12.1. The highest BCUT2D eigenvalue weighted by molar-refractivity contribution is 7.92. The number of carbonyl (C=O) groups is 2. The summed E-state index contributed by atoms with van der Waals surface area (Å²) >= 11 is 6.07. The molecule has 0 spiro atoms. The molecular formula is C21H23ClN2O5S. The summed E-state index contributed by atoms with van der Waals surface area (Å²) in [5.41, 5.74) is 0.295. The van der Waals surface area contributed by atoms with Gasteiger partial charge in [-0.15, -0.1) is 6.58 Å². The van der Waals surface area contributed by atoms with Gasteiger partial charge in [-0.25, -0.2) is 13.2 Å². The van der Waals surface area contributed by atoms with Crippen LogP contribution < -0.4 is 9.62 Å². The van der Waals surface area contributed by atoms with Crippen molar-refractivity contribution in [1.82, 2.24) is 5.32 Å². The molecule has 0 saturated heterocycles. The first-order valence-corrected chi connectivity index (χ1v) is 10.9. The third kappa shape index (κ3) is 5.84. The lowest BCUT2D eigenvalue weighted by molar-refractivity contribution is -0.124. The second-order valence-corrected chi connectivity index (χ2v) is 8.87. The highest BCUT2D eigenvalue weighted by Gasteiger charge is 2.26. The Labute approximate surface area is 181 Å². The largest absolute Gasteiger partial charge is 0.452 e. The second-order valence-electron chi connectivity index (χ2n) is 6.60. The van der Waals surface area contributed by atoms with E-state index in [2.05, 4.69) is 11.9 Å². The number of anilines is 1. The molecule has 0 unspecified atom stereocenters. The molecule has 0 radical (unpaired) electrons. The first-order valence-electron chi connectivity index (χ1n) is 9.11. The number of nitrogens with one attached hydrogen (secondary N) is 1. The van der Waals surface area contributed by atoms with Crippen LogP contribution in [0.3, 0.4) is 0 Å². The Kier molecular flexibility index (Phi) is 8.02. The minimum atomic E-state index is -4.02. The Morgan fingerprint density at radius 3 is 2.47 bits per heavy atom. The van der Waals surface area contributed by atoms with Gasteiger partial charge in [-0.3, -0.25) is 9.10 Å². The van der Waals surface area contributed by atoms with Crippen molar-refractivity contribution in [3.63, 3.8) is 0 Å². The van der Waals surface area contributed by atoms with E-state index in [9.17, 15) is 18.0 Å². The molecule has 0 aliphatic rings. The van der Waals surface area contributed by atoms with E-state index in [0.29, 0.717) is 5.69 Å². The maximum atomic E-state index is 13.2. The summed E-state index contributed by atoms with van der Waals surface area (Å²) in [6.07, 6.45) is 1.46. The van der Waals surface area contributed by atoms with Crippen molar-refractivity contribution in [2.75, 3.05) is 17.5 Å². The van der Waals surface area contributed by atoms with Crippen LogP contribution in [0, 0.1) is 0 Å². The van der Waals surface area contributed by atoms with E-state index < -0.39 is 28.5 Å². The number of hydrogen-bond acceptors (Lipinski definition) is 5. The molecule has 0 saturated carbocycles. The first kappa shape index (κ1) is 23.4. The Morgan fingerprint density at radius 2 is 1.87 bits per heavy atom. The van der Waals surface area contributed by atoms with E-state index in [1.807, 2.05) is 0 Å². The number of para-hydroxylation sites is 1. The van der Waals surface area contributed by atoms with Crippen molar-refractivity contribution in [2.24, 2.45) is 0 Å². The number of hydrogen-bond donors (Lipinski definition) is 1. The summed E-state index contributed by atoms with van der Waals surface area (Å²) in [5.74, 6) is -1.37. The lowest BCUT2D eigenvalue weighted by Crippen LogP contribution is -2.34. The van der Waals surface area contributed by atoms with Gasteiger partial charge in [-0.2, -0.15) is 0 Å². The Hall–Kier alpha value is -2.84. The molecule has 0 aliphatic heterocycles. The average Bonchev–Trinajstić information content (AvgIpc) is 2.70. The number of halogens is 1. The highest BCUT2D eigenvalue weighted by Crippen LogP contribution is 2.27. The summed E-state index contributed by atoms with van der Waals surface area (Å²) in [7, 11) is -4.02. The van der Waals surface area contributed by atoms with Crippen molar-refractivity contribution < 1.29 is 22.7 Å². The van der Waals surface area contributed by atoms with Crippen LogP contribution >= 0.6 is 11.6 Å². The number of benzene rings is 2. The van der Waals surface area contributed by atoms with E-state index in [4.69, 9.17) is 16.3 Å². The molecule has 0 fully saturated rings. The molecule has 1 N–H and O–H groups in total. The molecule has 2 aromatic rings. The van der Waals surface area contributed by atoms with Crippen molar-refractivity contribution in [2.45, 2.75) is 24.8 Å². The zero-order valence-corrected chi connectivity index (χ0v) is 18.2. The normalized spacial score (nSPS) is 11.1. The van der Waals surface area contributed by atoms with Crippen LogP contribution in [0.1, 0.15) is 24.2 Å². The lowest BCUT2D eigenvalue weighted by Gasteiger charge is -2.23. The van der Waals surface area contributed by atoms with Gasteiger partial charge >= 0.3 is 5.97 Å². The quantitative estimate of drug-likeness (QED) is 0.467. The molecule has 0 heterocycles. The fraction of sp³-hybridized carbons (Fsp3) is 0.238. The van der Waals surface area contributed by atoms with Crippen LogP contribution in [-0.2, 0) is 19.6 Å². The van der Waals surface area contributed by atoms with Gasteiger partial charge in [-0.1, -0.05) is 35.9 Å². The summed E-state index contributed by atoms with van der Waals surface area (Å²) in [5, 5.41) is 2.60. The summed E-state index contributed by atoms with van der Waals surface area (Å²) in [4.78, 5) is 23.9. The molecule has 0 aliphatic carbocycles. The van der Waals surface area contributed by atoms with E-state index in [0.717, 1.165) is 10.4 Å². The van der Waals surface area contributed by atoms with Gasteiger partial charge in [0.15, 0.2) is 6.61 Å². The number of sulfonamides is 1. The van der Waals surface area contributed by atoms with Gasteiger partial charge in [0.2, 0.25) is 0 Å². The van der Waals surface area contributed by atoms with E-state index in [1.165, 1.54) is 18.2 Å². The van der Waals surface area contributed by atoms with Gasteiger partial charge in [0.25, 0.3) is 15.9 Å². The molecule has 1 amide bonds. The Bertz CT molecular complexity index is 1020. The smallest absolute Gasteiger partial charge is 0.340 e. The number of carbonyl (C=O) groups excluding carboxylic acids is 2. The molecule has 0 aromatic heterocycles. The van der Waals surface area contributed by atoms with Crippen molar-refractivity contribution in [3.8, 4) is 0 Å². The fourth-order valence-corrected chi connectivity index (χ4v) is 4.23. The number of rotatable bonds is 9. The maximum absolute atomic E-state index is 13.2. The molecule has 30 heavy (non-hydrogen) atoms. The van der Waals surface area contributed by atoms with Crippen LogP contribution in [0.25, 0.3) is 0 Å². The SMILES string of the molecule is C=CCN(c1ccccc1)S(=O)(=O)c1ccc(Cl)c(C(=O)OCC(=O)NC(C)C)c1.